The van der Waals surface area contributed by atoms with E-state index in [0.29, 0.717) is 0 Å². The minimum absolute atomic E-state index is 0. The summed E-state index contributed by atoms with van der Waals surface area (Å²) in [5.41, 5.74) is -0.550. The molecule has 0 aliphatic carbocycles. The summed E-state index contributed by atoms with van der Waals surface area (Å²) in [7, 11) is -2.23. The van der Waals surface area contributed by atoms with Crippen molar-refractivity contribution >= 4 is 29.3 Å². The Bertz CT molecular complexity index is 894. The van der Waals surface area contributed by atoms with Crippen molar-refractivity contribution in [2.45, 2.75) is 64.8 Å². The van der Waals surface area contributed by atoms with Gasteiger partial charge >= 0.3 is 6.09 Å². The van der Waals surface area contributed by atoms with Crippen molar-refractivity contribution in [2.75, 3.05) is 0 Å². The lowest BCUT2D eigenvalue weighted by Crippen LogP contribution is -3.00. The first-order chi connectivity index (χ1) is 15.9. The average Bonchev–Trinajstić information content (AvgIpc) is 2.80. The Hall–Kier alpha value is -2.16. The van der Waals surface area contributed by atoms with Crippen LogP contribution in [0, 0.1) is 0 Å². The van der Waals surface area contributed by atoms with Gasteiger partial charge in [0, 0.05) is 6.42 Å². The van der Waals surface area contributed by atoms with Gasteiger partial charge in [0.25, 0.3) is 0 Å². The predicted octanol–water partition coefficient (Wildman–Crippen LogP) is 3.42. The molecule has 1 unspecified atom stereocenters. The van der Waals surface area contributed by atoms with Gasteiger partial charge < -0.3 is 21.7 Å². The van der Waals surface area contributed by atoms with Gasteiger partial charge in [-0.3, -0.25) is 5.32 Å². The van der Waals surface area contributed by atoms with Crippen molar-refractivity contribution in [3.05, 3.63) is 91.0 Å². The Kier molecular flexibility index (Phi) is 10.8. The molecule has 1 atom stereocenters. The fourth-order valence-corrected chi connectivity index (χ4v) is 9.14. The van der Waals surface area contributed by atoms with Crippen molar-refractivity contribution in [3.8, 4) is 0 Å². The maximum atomic E-state index is 13.1. The second-order valence-electron chi connectivity index (χ2n) is 9.39. The number of nitrogens with one attached hydrogen (secondary N) is 1. The zero-order valence-corrected chi connectivity index (χ0v) is 23.2. The monoisotopic (exact) mass is 541 g/mol. The summed E-state index contributed by atoms with van der Waals surface area (Å²) >= 11 is 0. The zero-order valence-electron chi connectivity index (χ0n) is 20.7. The number of hydrogen-bond donors (Lipinski definition) is 1. The molecule has 34 heavy (non-hydrogen) atoms. The van der Waals surface area contributed by atoms with Crippen LogP contribution in [0.25, 0.3) is 0 Å². The third kappa shape index (κ3) is 6.93. The first-order valence-corrected chi connectivity index (χ1v) is 13.8. The van der Waals surface area contributed by atoms with Gasteiger partial charge in [-0.05, 0) is 63.6 Å². The van der Waals surface area contributed by atoms with E-state index in [4.69, 9.17) is 4.74 Å². The molecule has 0 aliphatic rings. The summed E-state index contributed by atoms with van der Waals surface area (Å²) in [6, 6.07) is 32.1. The van der Waals surface area contributed by atoms with Gasteiger partial charge in [0.05, 0.1) is 0 Å². The number of benzene rings is 3. The maximum absolute atomic E-state index is 13.1. The Balaban J connectivity index is 0.00000408. The first kappa shape index (κ1) is 28.1. The van der Waals surface area contributed by atoms with Crippen LogP contribution in [0.2, 0.25) is 0 Å². The molecule has 0 radical (unpaired) electrons. The summed E-state index contributed by atoms with van der Waals surface area (Å²) < 4.78 is 5.75. The highest BCUT2D eigenvalue weighted by Crippen LogP contribution is 2.60. The first-order valence-electron chi connectivity index (χ1n) is 11.9. The molecule has 0 heterocycles. The van der Waals surface area contributed by atoms with E-state index >= 15 is 0 Å². The summed E-state index contributed by atoms with van der Waals surface area (Å²) in [4.78, 5) is 13.1. The second-order valence-corrected chi connectivity index (χ2v) is 13.0. The molecule has 0 aromatic heterocycles. The summed E-state index contributed by atoms with van der Waals surface area (Å²) in [5, 5.41) is 7.15. The van der Waals surface area contributed by atoms with Crippen LogP contribution in [-0.4, -0.2) is 17.5 Å². The van der Waals surface area contributed by atoms with E-state index in [2.05, 4.69) is 103 Å². The number of unbranched alkanes of at least 4 members (excludes halogenated alkanes) is 2. The number of carbonyl (C=O) groups excluding carboxylic acids is 1. The van der Waals surface area contributed by atoms with Crippen LogP contribution in [0.3, 0.4) is 0 Å². The SMILES string of the molecule is CCCCCC(NC(=O)OC(C)(C)C)[P+](c1ccccc1)(c1ccccc1)c1ccccc1.[Br-]. The Morgan fingerprint density at radius 3 is 1.56 bits per heavy atom. The summed E-state index contributed by atoms with van der Waals surface area (Å²) in [6.07, 6.45) is 3.85. The normalized spacial score (nSPS) is 12.4. The second kappa shape index (κ2) is 13.1. The van der Waals surface area contributed by atoms with E-state index in [9.17, 15) is 4.79 Å². The largest absolute Gasteiger partial charge is 1.00 e. The van der Waals surface area contributed by atoms with Crippen LogP contribution in [0.5, 0.6) is 0 Å². The molecule has 1 N–H and O–H groups in total. The summed E-state index contributed by atoms with van der Waals surface area (Å²) in [6.45, 7) is 7.94. The molecule has 0 saturated heterocycles. The van der Waals surface area contributed by atoms with E-state index in [1.165, 1.54) is 15.9 Å². The molecule has 182 valence electrons. The van der Waals surface area contributed by atoms with Gasteiger partial charge in [0.1, 0.15) is 28.8 Å². The van der Waals surface area contributed by atoms with Crippen molar-refractivity contribution in [3.63, 3.8) is 0 Å². The van der Waals surface area contributed by atoms with Crippen molar-refractivity contribution in [2.24, 2.45) is 0 Å². The van der Waals surface area contributed by atoms with E-state index in [0.717, 1.165) is 25.7 Å². The fourth-order valence-electron chi connectivity index (χ4n) is 4.37. The number of amides is 1. The van der Waals surface area contributed by atoms with E-state index < -0.39 is 12.9 Å². The van der Waals surface area contributed by atoms with Crippen LogP contribution < -0.4 is 38.2 Å². The Morgan fingerprint density at radius 1 is 0.794 bits per heavy atom. The lowest BCUT2D eigenvalue weighted by Gasteiger charge is -2.35. The van der Waals surface area contributed by atoms with Crippen molar-refractivity contribution < 1.29 is 26.5 Å². The summed E-state index contributed by atoms with van der Waals surface area (Å²) in [5.74, 6) is -0.0777. The van der Waals surface area contributed by atoms with Gasteiger partial charge in [-0.2, -0.15) is 0 Å². The minimum Gasteiger partial charge on any atom is -1.00 e. The molecule has 3 aromatic rings. The third-order valence-electron chi connectivity index (χ3n) is 5.72. The molecule has 5 heteroatoms. The zero-order chi connectivity index (χ0) is 23.7. The van der Waals surface area contributed by atoms with Crippen LogP contribution >= 0.6 is 7.26 Å². The molecule has 1 amide bonds. The highest BCUT2D eigenvalue weighted by atomic mass is 79.9. The Morgan fingerprint density at radius 2 is 1.21 bits per heavy atom. The molecular formula is C29H37BrNO2P. The van der Waals surface area contributed by atoms with Gasteiger partial charge in [0.15, 0.2) is 5.78 Å². The van der Waals surface area contributed by atoms with Crippen LogP contribution in [0.1, 0.15) is 53.4 Å². The Labute approximate surface area is 216 Å². The average molecular weight is 542 g/mol. The molecule has 3 rings (SSSR count). The highest BCUT2D eigenvalue weighted by molar-refractivity contribution is 7.96. The van der Waals surface area contributed by atoms with Gasteiger partial charge in [-0.25, -0.2) is 4.79 Å². The lowest BCUT2D eigenvalue weighted by molar-refractivity contribution is -0.0000291. The predicted molar refractivity (Wildman–Crippen MR) is 142 cm³/mol. The van der Waals surface area contributed by atoms with Crippen LogP contribution in [-0.2, 0) is 4.74 Å². The van der Waals surface area contributed by atoms with Crippen LogP contribution in [0.4, 0.5) is 4.79 Å². The number of hydrogen-bond acceptors (Lipinski definition) is 2. The van der Waals surface area contributed by atoms with E-state index in [1.54, 1.807) is 0 Å². The van der Waals surface area contributed by atoms with Gasteiger partial charge in [0.2, 0.25) is 0 Å². The third-order valence-corrected chi connectivity index (χ3v) is 10.4. The molecule has 3 aromatic carbocycles. The number of carbonyl (C=O) groups is 1. The van der Waals surface area contributed by atoms with Gasteiger partial charge in [-0.1, -0.05) is 74.4 Å². The van der Waals surface area contributed by atoms with Crippen molar-refractivity contribution in [1.82, 2.24) is 5.32 Å². The molecular weight excluding hydrogens is 505 g/mol. The number of rotatable bonds is 9. The lowest BCUT2D eigenvalue weighted by atomic mass is 10.2. The number of ether oxygens (including phenoxy) is 1. The molecule has 0 spiro atoms. The number of halogens is 1. The smallest absolute Gasteiger partial charge is 0.410 e. The topological polar surface area (TPSA) is 38.3 Å². The van der Waals surface area contributed by atoms with E-state index in [-0.39, 0.29) is 28.9 Å². The highest BCUT2D eigenvalue weighted by Gasteiger charge is 2.53. The molecule has 3 nitrogen and oxygen atoms in total. The van der Waals surface area contributed by atoms with E-state index in [1.807, 2.05) is 20.8 Å². The molecule has 0 aliphatic heterocycles. The maximum Gasteiger partial charge on any atom is 0.410 e. The standard InChI is InChI=1S/C29H36NO2P.BrH/c1-5-6-10-23-27(30-28(31)32-29(2,3)4)33(24-17-11-7-12-18-24,25-19-13-8-14-20-25)26-21-15-9-16-22-26;/h7-9,11-22,27H,5-6,10,23H2,1-4H3;1H. The van der Waals surface area contributed by atoms with Gasteiger partial charge in [-0.15, -0.1) is 0 Å². The molecule has 0 saturated carbocycles. The molecule has 0 fully saturated rings. The minimum atomic E-state index is -2.23. The number of alkyl carbamates (subject to hydrolysis) is 1. The quantitative estimate of drug-likeness (QED) is 0.333. The molecule has 0 bridgehead atoms. The van der Waals surface area contributed by atoms with Crippen molar-refractivity contribution in [1.29, 1.82) is 0 Å². The fraction of sp³-hybridized carbons (Fsp3) is 0.345. The van der Waals surface area contributed by atoms with Crippen LogP contribution in [0.15, 0.2) is 91.0 Å².